The summed E-state index contributed by atoms with van der Waals surface area (Å²) in [5, 5.41) is 6.15. The number of anilines is 2. The Balaban J connectivity index is 1.77. The number of carbonyl (C=O) groups excluding carboxylic acids is 1. The van der Waals surface area contributed by atoms with Gasteiger partial charge in [0.15, 0.2) is 0 Å². The molecule has 0 aliphatic rings. The van der Waals surface area contributed by atoms with Gasteiger partial charge in [-0.2, -0.15) is 0 Å². The van der Waals surface area contributed by atoms with E-state index >= 15 is 0 Å². The van der Waals surface area contributed by atoms with Crippen molar-refractivity contribution in [3.8, 4) is 0 Å². The highest BCUT2D eigenvalue weighted by Crippen LogP contribution is 2.20. The van der Waals surface area contributed by atoms with Crippen LogP contribution in [0, 0.1) is 20.8 Å². The predicted molar refractivity (Wildman–Crippen MR) is 104 cm³/mol. The van der Waals surface area contributed by atoms with Gasteiger partial charge in [0.25, 0.3) is 5.91 Å². The summed E-state index contributed by atoms with van der Waals surface area (Å²) < 4.78 is 0. The Morgan fingerprint density at radius 2 is 1.62 bits per heavy atom. The van der Waals surface area contributed by atoms with Crippen LogP contribution in [0.15, 0.2) is 54.6 Å². The van der Waals surface area contributed by atoms with Crippen LogP contribution in [0.25, 0.3) is 0 Å². The Hall–Kier alpha value is -3.21. The summed E-state index contributed by atoms with van der Waals surface area (Å²) >= 11 is 0. The molecule has 0 spiro atoms. The zero-order chi connectivity index (χ0) is 18.5. The van der Waals surface area contributed by atoms with Gasteiger partial charge in [-0.3, -0.25) is 4.79 Å². The van der Waals surface area contributed by atoms with E-state index in [-0.39, 0.29) is 5.91 Å². The zero-order valence-electron chi connectivity index (χ0n) is 15.2. The minimum atomic E-state index is -0.240. The smallest absolute Gasteiger partial charge is 0.274 e. The maximum Gasteiger partial charge on any atom is 0.274 e. The number of benzene rings is 2. The van der Waals surface area contributed by atoms with Crippen molar-refractivity contribution in [3.63, 3.8) is 0 Å². The molecular formula is C21H22N4O. The highest BCUT2D eigenvalue weighted by atomic mass is 16.1. The summed E-state index contributed by atoms with van der Waals surface area (Å²) in [5.41, 5.74) is 5.07. The number of aromatic nitrogens is 2. The molecule has 5 heteroatoms. The number of para-hydroxylation sites is 1. The van der Waals surface area contributed by atoms with Gasteiger partial charge < -0.3 is 10.6 Å². The topological polar surface area (TPSA) is 66.9 Å². The third-order valence-electron chi connectivity index (χ3n) is 4.10. The van der Waals surface area contributed by atoms with E-state index in [2.05, 4.69) is 20.6 Å². The van der Waals surface area contributed by atoms with E-state index in [4.69, 9.17) is 0 Å². The highest BCUT2D eigenvalue weighted by Gasteiger charge is 2.13. The van der Waals surface area contributed by atoms with E-state index in [9.17, 15) is 4.79 Å². The van der Waals surface area contributed by atoms with Crippen LogP contribution < -0.4 is 10.6 Å². The number of nitrogens with zero attached hydrogens (tertiary/aromatic N) is 2. The van der Waals surface area contributed by atoms with Crippen LogP contribution in [-0.4, -0.2) is 15.9 Å². The maximum absolute atomic E-state index is 12.7. The Morgan fingerprint density at radius 1 is 0.923 bits per heavy atom. The minimum Gasteiger partial charge on any atom is -0.350 e. The zero-order valence-corrected chi connectivity index (χ0v) is 15.2. The molecule has 3 aromatic rings. The fourth-order valence-electron chi connectivity index (χ4n) is 2.73. The van der Waals surface area contributed by atoms with Crippen LogP contribution in [0.4, 0.5) is 11.6 Å². The van der Waals surface area contributed by atoms with E-state index in [1.54, 1.807) is 6.07 Å². The van der Waals surface area contributed by atoms with Crippen molar-refractivity contribution in [1.82, 2.24) is 9.97 Å². The second-order valence-corrected chi connectivity index (χ2v) is 6.28. The van der Waals surface area contributed by atoms with Crippen molar-refractivity contribution in [3.05, 3.63) is 82.7 Å². The van der Waals surface area contributed by atoms with Gasteiger partial charge in [-0.05, 0) is 43.5 Å². The quantitative estimate of drug-likeness (QED) is 0.724. The molecule has 0 bridgehead atoms. The van der Waals surface area contributed by atoms with E-state index < -0.39 is 0 Å². The van der Waals surface area contributed by atoms with Crippen molar-refractivity contribution in [2.45, 2.75) is 27.3 Å². The second-order valence-electron chi connectivity index (χ2n) is 6.28. The van der Waals surface area contributed by atoms with E-state index in [0.717, 1.165) is 28.1 Å². The summed E-state index contributed by atoms with van der Waals surface area (Å²) in [5.74, 6) is 0.205. The fourth-order valence-corrected chi connectivity index (χ4v) is 2.73. The van der Waals surface area contributed by atoms with Crippen LogP contribution >= 0.6 is 0 Å². The first-order chi connectivity index (χ1) is 12.5. The summed E-state index contributed by atoms with van der Waals surface area (Å²) in [7, 11) is 0. The Bertz CT molecular complexity index is 902. The number of hydrogen-bond acceptors (Lipinski definition) is 4. The molecule has 3 rings (SSSR count). The average Bonchev–Trinajstić information content (AvgIpc) is 2.63. The van der Waals surface area contributed by atoms with Crippen LogP contribution in [-0.2, 0) is 6.54 Å². The molecule has 132 valence electrons. The number of nitrogens with one attached hydrogen (secondary N) is 2. The van der Waals surface area contributed by atoms with Crippen molar-refractivity contribution >= 4 is 17.5 Å². The molecule has 0 fully saturated rings. The third kappa shape index (κ3) is 4.25. The molecule has 0 aliphatic carbocycles. The number of hydrogen-bond donors (Lipinski definition) is 2. The van der Waals surface area contributed by atoms with Crippen molar-refractivity contribution in [1.29, 1.82) is 0 Å². The molecule has 0 radical (unpaired) electrons. The molecule has 0 aliphatic heterocycles. The molecule has 0 saturated heterocycles. The van der Waals surface area contributed by atoms with Gasteiger partial charge in [-0.15, -0.1) is 0 Å². The maximum atomic E-state index is 12.7. The molecule has 5 nitrogen and oxygen atoms in total. The molecule has 1 aromatic heterocycles. The molecule has 1 heterocycles. The first-order valence-corrected chi connectivity index (χ1v) is 8.54. The largest absolute Gasteiger partial charge is 0.350 e. The molecule has 2 N–H and O–H groups in total. The SMILES string of the molecule is Cc1cc(C(=O)Nc2c(C)cccc2C)nc(NCc2ccccc2)n1. The van der Waals surface area contributed by atoms with Crippen LogP contribution in [0.1, 0.15) is 32.9 Å². The second kappa shape index (κ2) is 7.78. The van der Waals surface area contributed by atoms with Gasteiger partial charge in [-0.25, -0.2) is 9.97 Å². The molecule has 0 unspecified atom stereocenters. The van der Waals surface area contributed by atoms with E-state index in [0.29, 0.717) is 18.2 Å². The number of rotatable bonds is 5. The van der Waals surface area contributed by atoms with Gasteiger partial charge in [0.05, 0.1) is 0 Å². The van der Waals surface area contributed by atoms with Crippen LogP contribution in [0.5, 0.6) is 0 Å². The van der Waals surface area contributed by atoms with Crippen LogP contribution in [0.3, 0.4) is 0 Å². The predicted octanol–water partition coefficient (Wildman–Crippen LogP) is 4.27. The van der Waals surface area contributed by atoms with E-state index in [1.807, 2.05) is 69.3 Å². The van der Waals surface area contributed by atoms with Gasteiger partial charge in [0.2, 0.25) is 5.95 Å². The van der Waals surface area contributed by atoms with Gasteiger partial charge in [0.1, 0.15) is 5.69 Å². The summed E-state index contributed by atoms with van der Waals surface area (Å²) in [6.45, 7) is 6.40. The molecule has 0 atom stereocenters. The molecule has 0 saturated carbocycles. The lowest BCUT2D eigenvalue weighted by molar-refractivity contribution is 0.102. The third-order valence-corrected chi connectivity index (χ3v) is 4.10. The van der Waals surface area contributed by atoms with Crippen LogP contribution in [0.2, 0.25) is 0 Å². The average molecular weight is 346 g/mol. The van der Waals surface area contributed by atoms with Gasteiger partial charge >= 0.3 is 0 Å². The molecule has 2 aromatic carbocycles. The van der Waals surface area contributed by atoms with Crippen molar-refractivity contribution in [2.24, 2.45) is 0 Å². The lowest BCUT2D eigenvalue weighted by Crippen LogP contribution is -2.17. The molecule has 26 heavy (non-hydrogen) atoms. The lowest BCUT2D eigenvalue weighted by atomic mass is 10.1. The standard InChI is InChI=1S/C21H22N4O/c1-14-8-7-9-15(2)19(14)25-20(26)18-12-16(3)23-21(24-18)22-13-17-10-5-4-6-11-17/h4-12H,13H2,1-3H3,(H,25,26)(H,22,23,24). The summed E-state index contributed by atoms with van der Waals surface area (Å²) in [6, 6.07) is 17.6. The Morgan fingerprint density at radius 3 is 2.31 bits per heavy atom. The van der Waals surface area contributed by atoms with Gasteiger partial charge in [0, 0.05) is 17.9 Å². The first kappa shape index (κ1) is 17.6. The first-order valence-electron chi connectivity index (χ1n) is 8.54. The normalized spacial score (nSPS) is 10.4. The van der Waals surface area contributed by atoms with Crippen molar-refractivity contribution < 1.29 is 4.79 Å². The van der Waals surface area contributed by atoms with E-state index in [1.165, 1.54) is 0 Å². The number of amides is 1. The number of aryl methyl sites for hydroxylation is 3. The molecular weight excluding hydrogens is 324 g/mol. The lowest BCUT2D eigenvalue weighted by Gasteiger charge is -2.12. The Kier molecular flexibility index (Phi) is 5.27. The highest BCUT2D eigenvalue weighted by molar-refractivity contribution is 6.03. The summed E-state index contributed by atoms with van der Waals surface area (Å²) in [6.07, 6.45) is 0. The number of carbonyl (C=O) groups is 1. The van der Waals surface area contributed by atoms with Gasteiger partial charge in [-0.1, -0.05) is 48.5 Å². The van der Waals surface area contributed by atoms with Crippen molar-refractivity contribution in [2.75, 3.05) is 10.6 Å². The Labute approximate surface area is 153 Å². The minimum absolute atomic E-state index is 0.240. The fraction of sp³-hybridized carbons (Fsp3) is 0.190. The monoisotopic (exact) mass is 346 g/mol. The molecule has 1 amide bonds. The summed E-state index contributed by atoms with van der Waals surface area (Å²) in [4.78, 5) is 21.4.